The molecule has 2 aromatic rings. The molecule has 9 heteroatoms. The molecule has 0 radical (unpaired) electrons. The Balaban J connectivity index is 2.52. The molecule has 23 heavy (non-hydrogen) atoms. The summed E-state index contributed by atoms with van der Waals surface area (Å²) in [6.45, 7) is 2.11. The number of aromatic nitrogens is 3. The minimum absolute atomic E-state index is 0.105. The quantitative estimate of drug-likeness (QED) is 0.545. The van der Waals surface area contributed by atoms with Crippen LogP contribution in [0.25, 0.3) is 11.4 Å². The first-order chi connectivity index (χ1) is 10.6. The van der Waals surface area contributed by atoms with Crippen LogP contribution < -0.4 is 0 Å². The van der Waals surface area contributed by atoms with Gasteiger partial charge in [0.25, 0.3) is 0 Å². The molecule has 0 saturated carbocycles. The van der Waals surface area contributed by atoms with Crippen LogP contribution in [0.2, 0.25) is 0 Å². The third-order valence-corrected chi connectivity index (χ3v) is 3.91. The third kappa shape index (κ3) is 5.22. The van der Waals surface area contributed by atoms with E-state index in [1.54, 1.807) is 0 Å². The summed E-state index contributed by atoms with van der Waals surface area (Å²) in [5, 5.41) is 0. The zero-order valence-electron chi connectivity index (χ0n) is 11.8. The highest BCUT2D eigenvalue weighted by Crippen LogP contribution is 2.40. The number of hydrogen-bond donors (Lipinski definition) is 0. The molecule has 0 unspecified atom stereocenters. The Labute approximate surface area is 164 Å². The molecular weight excluding hydrogens is 423 g/mol. The average Bonchev–Trinajstić information content (AvgIpc) is 2.46. The summed E-state index contributed by atoms with van der Waals surface area (Å²) in [6, 6.07) is 7.69. The topological polar surface area (TPSA) is 38.7 Å². The van der Waals surface area contributed by atoms with E-state index in [9.17, 15) is 0 Å². The Morgan fingerprint density at radius 1 is 0.783 bits per heavy atom. The highest BCUT2D eigenvalue weighted by Gasteiger charge is 2.33. The van der Waals surface area contributed by atoms with Gasteiger partial charge < -0.3 is 0 Å². The normalized spacial score (nSPS) is 12.5. The lowest BCUT2D eigenvalue weighted by Gasteiger charge is -2.15. The van der Waals surface area contributed by atoms with E-state index in [1.165, 1.54) is 5.56 Å². The third-order valence-electron chi connectivity index (χ3n) is 2.89. The SMILES string of the molecule is CCCc1ccc(-c2nc(C(Cl)(Cl)Cl)nc(C(Cl)(Cl)Cl)n2)cc1. The Bertz CT molecular complexity index is 644. The van der Waals surface area contributed by atoms with Crippen LogP contribution in [0, 0.1) is 0 Å². The number of nitrogens with zero attached hydrogens (tertiary/aromatic N) is 3. The Morgan fingerprint density at radius 3 is 1.65 bits per heavy atom. The maximum absolute atomic E-state index is 5.86. The lowest BCUT2D eigenvalue weighted by Crippen LogP contribution is -2.16. The fourth-order valence-electron chi connectivity index (χ4n) is 1.87. The van der Waals surface area contributed by atoms with Gasteiger partial charge in [0.1, 0.15) is 0 Å². The first kappa shape index (κ1) is 19.3. The average molecular weight is 434 g/mol. The van der Waals surface area contributed by atoms with Gasteiger partial charge in [0, 0.05) is 5.56 Å². The summed E-state index contributed by atoms with van der Waals surface area (Å²) in [5.74, 6) is 0.0589. The van der Waals surface area contributed by atoms with Crippen LogP contribution in [-0.2, 0) is 14.0 Å². The fraction of sp³-hybridized carbons (Fsp3) is 0.357. The van der Waals surface area contributed by atoms with Crippen LogP contribution in [0.15, 0.2) is 24.3 Å². The number of halogens is 6. The number of rotatable bonds is 3. The largest absolute Gasteiger partial charge is 0.250 e. The van der Waals surface area contributed by atoms with Gasteiger partial charge in [0.2, 0.25) is 7.59 Å². The number of aryl methyl sites for hydroxylation is 1. The van der Waals surface area contributed by atoms with Crippen molar-refractivity contribution in [3.05, 3.63) is 41.5 Å². The number of benzene rings is 1. The van der Waals surface area contributed by atoms with Gasteiger partial charge in [-0.1, -0.05) is 107 Å². The van der Waals surface area contributed by atoms with Crippen molar-refractivity contribution in [2.45, 2.75) is 27.4 Å². The Hall–Kier alpha value is -0.0300. The summed E-state index contributed by atoms with van der Waals surface area (Å²) in [5.41, 5.74) is 1.91. The van der Waals surface area contributed by atoms with Gasteiger partial charge in [-0.05, 0) is 12.0 Å². The second kappa shape index (κ2) is 7.47. The smallest absolute Gasteiger partial charge is 0.209 e. The molecule has 0 aliphatic carbocycles. The predicted octanol–water partition coefficient (Wildman–Crippen LogP) is 6.14. The van der Waals surface area contributed by atoms with E-state index in [1.807, 2.05) is 24.3 Å². The zero-order chi connectivity index (χ0) is 17.3. The second-order valence-electron chi connectivity index (χ2n) is 4.75. The molecule has 0 atom stereocenters. The van der Waals surface area contributed by atoms with Crippen LogP contribution in [0.4, 0.5) is 0 Å². The van der Waals surface area contributed by atoms with Crippen molar-refractivity contribution in [2.75, 3.05) is 0 Å². The van der Waals surface area contributed by atoms with Crippen molar-refractivity contribution in [3.63, 3.8) is 0 Å². The van der Waals surface area contributed by atoms with E-state index >= 15 is 0 Å². The minimum Gasteiger partial charge on any atom is -0.209 e. The van der Waals surface area contributed by atoms with E-state index in [0.717, 1.165) is 12.8 Å². The molecule has 0 aliphatic heterocycles. The van der Waals surface area contributed by atoms with E-state index < -0.39 is 7.59 Å². The number of hydrogen-bond acceptors (Lipinski definition) is 3. The summed E-state index contributed by atoms with van der Waals surface area (Å²) in [7, 11) is 0. The molecule has 0 fully saturated rings. The molecule has 0 N–H and O–H groups in total. The molecule has 1 aromatic heterocycles. The Kier molecular flexibility index (Phi) is 6.26. The van der Waals surface area contributed by atoms with Crippen molar-refractivity contribution in [1.29, 1.82) is 0 Å². The van der Waals surface area contributed by atoms with Gasteiger partial charge in [-0.25, -0.2) is 15.0 Å². The monoisotopic (exact) mass is 431 g/mol. The number of alkyl halides is 6. The molecule has 2 rings (SSSR count). The highest BCUT2D eigenvalue weighted by atomic mass is 35.6. The zero-order valence-corrected chi connectivity index (χ0v) is 16.4. The molecular formula is C14H11Cl6N3. The first-order valence-electron chi connectivity index (χ1n) is 6.61. The van der Waals surface area contributed by atoms with Crippen molar-refractivity contribution in [1.82, 2.24) is 15.0 Å². The molecule has 0 amide bonds. The van der Waals surface area contributed by atoms with Crippen molar-refractivity contribution < 1.29 is 0 Å². The standard InChI is InChI=1S/C14H11Cl6N3/c1-2-3-8-4-6-9(7-5-8)10-21-11(13(15,16)17)23-12(22-10)14(18,19)20/h4-7H,2-3H2,1H3. The first-order valence-corrected chi connectivity index (χ1v) is 8.88. The molecule has 1 aromatic carbocycles. The highest BCUT2D eigenvalue weighted by molar-refractivity contribution is 6.67. The van der Waals surface area contributed by atoms with Crippen molar-refractivity contribution in [2.24, 2.45) is 0 Å². The van der Waals surface area contributed by atoms with Gasteiger partial charge in [-0.2, -0.15) is 0 Å². The maximum Gasteiger partial charge on any atom is 0.250 e. The van der Waals surface area contributed by atoms with Gasteiger partial charge in [0.15, 0.2) is 17.5 Å². The van der Waals surface area contributed by atoms with E-state index in [0.29, 0.717) is 5.56 Å². The molecule has 0 spiro atoms. The second-order valence-corrected chi connectivity index (χ2v) is 9.31. The van der Waals surface area contributed by atoms with Crippen LogP contribution in [-0.4, -0.2) is 15.0 Å². The van der Waals surface area contributed by atoms with Gasteiger partial charge in [0.05, 0.1) is 0 Å². The molecule has 0 aliphatic rings. The van der Waals surface area contributed by atoms with Crippen molar-refractivity contribution >= 4 is 69.6 Å². The lowest BCUT2D eigenvalue weighted by molar-refractivity contribution is 0.851. The van der Waals surface area contributed by atoms with Crippen LogP contribution >= 0.6 is 69.6 Å². The summed E-state index contributed by atoms with van der Waals surface area (Å²) in [6.07, 6.45) is 2.04. The predicted molar refractivity (Wildman–Crippen MR) is 97.7 cm³/mol. The van der Waals surface area contributed by atoms with Crippen LogP contribution in [0.1, 0.15) is 30.6 Å². The minimum atomic E-state index is -1.86. The maximum atomic E-state index is 5.86. The summed E-state index contributed by atoms with van der Waals surface area (Å²) >= 11 is 35.1. The summed E-state index contributed by atoms with van der Waals surface area (Å²) < 4.78 is -3.71. The summed E-state index contributed by atoms with van der Waals surface area (Å²) in [4.78, 5) is 12.3. The molecule has 0 saturated heterocycles. The molecule has 1 heterocycles. The van der Waals surface area contributed by atoms with Crippen molar-refractivity contribution in [3.8, 4) is 11.4 Å². The van der Waals surface area contributed by atoms with Gasteiger partial charge >= 0.3 is 0 Å². The lowest BCUT2D eigenvalue weighted by atomic mass is 10.1. The molecule has 124 valence electrons. The van der Waals surface area contributed by atoms with Gasteiger partial charge in [-0.15, -0.1) is 0 Å². The Morgan fingerprint density at radius 2 is 1.26 bits per heavy atom. The van der Waals surface area contributed by atoms with E-state index in [2.05, 4.69) is 21.9 Å². The van der Waals surface area contributed by atoms with E-state index in [-0.39, 0.29) is 17.5 Å². The van der Waals surface area contributed by atoms with Gasteiger partial charge in [-0.3, -0.25) is 0 Å². The molecule has 0 bridgehead atoms. The molecule has 3 nitrogen and oxygen atoms in total. The van der Waals surface area contributed by atoms with E-state index in [4.69, 9.17) is 69.6 Å². The van der Waals surface area contributed by atoms with Crippen LogP contribution in [0.5, 0.6) is 0 Å². The fourth-order valence-corrected chi connectivity index (χ4v) is 2.37. The van der Waals surface area contributed by atoms with Crippen LogP contribution in [0.3, 0.4) is 0 Å².